The van der Waals surface area contributed by atoms with E-state index in [1.807, 2.05) is 0 Å². The summed E-state index contributed by atoms with van der Waals surface area (Å²) in [5.74, 6) is 0. The van der Waals surface area contributed by atoms with Gasteiger partial charge in [0, 0.05) is 0 Å². The van der Waals surface area contributed by atoms with E-state index in [4.69, 9.17) is 0 Å². The van der Waals surface area contributed by atoms with Gasteiger partial charge in [-0.15, -0.1) is 0 Å². The average Bonchev–Trinajstić information content (AvgIpc) is 1.41. The fraction of sp³-hybridized carbons (Fsp3) is 1.00. The molecule has 0 fully saturated rings. The van der Waals surface area contributed by atoms with Gasteiger partial charge >= 0.3 is 8.69 Å². The van der Waals surface area contributed by atoms with E-state index < -0.39 is 0 Å². The number of alkyl halides is 1. The van der Waals surface area contributed by atoms with Crippen LogP contribution in [0.3, 0.4) is 0 Å². The zero-order chi connectivity index (χ0) is 4.12. The predicted octanol–water partition coefficient (Wildman–Crippen LogP) is 1.56. The third kappa shape index (κ3) is 4.54. The van der Waals surface area contributed by atoms with Gasteiger partial charge in [-0.1, -0.05) is 15.9 Å². The fourth-order valence-corrected chi connectivity index (χ4v) is 0.311. The van der Waals surface area contributed by atoms with Crippen LogP contribution < -0.4 is 0 Å². The summed E-state index contributed by atoms with van der Waals surface area (Å²) in [5.41, 5.74) is 0.331. The second kappa shape index (κ2) is 4.54. The molecule has 0 aromatic carbocycles. The predicted molar refractivity (Wildman–Crippen MR) is 22.5 cm³/mol. The molecule has 4 heteroatoms. The highest BCUT2D eigenvalue weighted by atomic mass is 79.9. The molecule has 0 saturated heterocycles. The lowest BCUT2D eigenvalue weighted by Crippen LogP contribution is -1.58. The van der Waals surface area contributed by atoms with E-state index in [0.29, 0.717) is 5.52 Å². The molecule has 0 N–H and O–H groups in total. The monoisotopic (exact) mass is 156 g/mol. The lowest BCUT2D eigenvalue weighted by molar-refractivity contribution is 0.419. The van der Waals surface area contributed by atoms with Gasteiger partial charge in [0.25, 0.3) is 0 Å². The van der Waals surface area contributed by atoms with Crippen molar-refractivity contribution in [2.45, 2.75) is 0 Å². The maximum atomic E-state index is 9.25. The first-order valence-corrected chi connectivity index (χ1v) is 2.77. The second-order valence-corrected chi connectivity index (χ2v) is 1.18. The van der Waals surface area contributed by atoms with Gasteiger partial charge in [-0.25, -0.2) is 4.57 Å². The molecule has 0 bridgehead atoms. The molecule has 0 radical (unpaired) electrons. The van der Waals surface area contributed by atoms with Crippen molar-refractivity contribution >= 4 is 24.6 Å². The highest BCUT2D eigenvalue weighted by Gasteiger charge is 1.67. The van der Waals surface area contributed by atoms with Crippen LogP contribution in [0.2, 0.25) is 0 Å². The van der Waals surface area contributed by atoms with Crippen LogP contribution in [0.15, 0.2) is 0 Å². The summed E-state index contributed by atoms with van der Waals surface area (Å²) in [6, 6.07) is 0. The normalized spacial score (nSPS) is 9.00. The fourth-order valence-electron chi connectivity index (χ4n) is 0.0199. The summed E-state index contributed by atoms with van der Waals surface area (Å²) < 4.78 is 13.4. The van der Waals surface area contributed by atoms with Gasteiger partial charge in [-0.3, -0.25) is 4.52 Å². The summed E-state index contributed by atoms with van der Waals surface area (Å²) >= 11 is 2.88. The molecule has 0 aliphatic carbocycles. The Morgan fingerprint density at radius 3 is 2.60 bits per heavy atom. The lowest BCUT2D eigenvalue weighted by Gasteiger charge is -1.70. The standard InChI is InChI=1S/CH2BrO2P/c2-1-4-5-3/h1H2. The highest BCUT2D eigenvalue weighted by molar-refractivity contribution is 9.09. The summed E-state index contributed by atoms with van der Waals surface area (Å²) in [4.78, 5) is 0. The van der Waals surface area contributed by atoms with Gasteiger partial charge in [0.1, 0.15) is 5.52 Å². The van der Waals surface area contributed by atoms with Gasteiger partial charge < -0.3 is 0 Å². The van der Waals surface area contributed by atoms with E-state index in [9.17, 15) is 4.57 Å². The third-order valence-corrected chi connectivity index (χ3v) is 0.919. The molecule has 0 spiro atoms. The minimum absolute atomic E-state index is 0.267. The maximum Gasteiger partial charge on any atom is 0.328 e. The van der Waals surface area contributed by atoms with Crippen molar-refractivity contribution in [2.75, 3.05) is 5.52 Å². The van der Waals surface area contributed by atoms with Crippen molar-refractivity contribution in [3.8, 4) is 0 Å². The van der Waals surface area contributed by atoms with Crippen LogP contribution in [-0.2, 0) is 9.09 Å². The maximum absolute atomic E-state index is 9.25. The van der Waals surface area contributed by atoms with Crippen LogP contribution in [0.4, 0.5) is 0 Å². The number of hydrogen-bond donors (Lipinski definition) is 0. The van der Waals surface area contributed by atoms with Gasteiger partial charge in [-0.05, 0) is 0 Å². The minimum Gasteiger partial charge on any atom is -0.283 e. The van der Waals surface area contributed by atoms with Gasteiger partial charge in [0.15, 0.2) is 0 Å². The van der Waals surface area contributed by atoms with Crippen molar-refractivity contribution < 1.29 is 9.09 Å². The lowest BCUT2D eigenvalue weighted by atomic mass is 11.8. The summed E-state index contributed by atoms with van der Waals surface area (Å²) in [7, 11) is -0.267. The summed E-state index contributed by atoms with van der Waals surface area (Å²) in [6.07, 6.45) is 0. The molecule has 2 nitrogen and oxygen atoms in total. The Balaban J connectivity index is 2.40. The van der Waals surface area contributed by atoms with E-state index in [-0.39, 0.29) is 8.69 Å². The van der Waals surface area contributed by atoms with E-state index in [0.717, 1.165) is 0 Å². The highest BCUT2D eigenvalue weighted by Crippen LogP contribution is 1.94. The van der Waals surface area contributed by atoms with Crippen molar-refractivity contribution in [1.82, 2.24) is 0 Å². The first-order valence-electron chi connectivity index (χ1n) is 0.921. The van der Waals surface area contributed by atoms with Crippen molar-refractivity contribution in [2.24, 2.45) is 0 Å². The molecule has 0 atom stereocenters. The molecular weight excluding hydrogens is 155 g/mol. The van der Waals surface area contributed by atoms with E-state index >= 15 is 0 Å². The van der Waals surface area contributed by atoms with Gasteiger partial charge in [-0.2, -0.15) is 0 Å². The van der Waals surface area contributed by atoms with Crippen molar-refractivity contribution in [3.63, 3.8) is 0 Å². The van der Waals surface area contributed by atoms with Crippen LogP contribution >= 0.6 is 24.6 Å². The Morgan fingerprint density at radius 1 is 2.00 bits per heavy atom. The molecule has 0 aromatic rings. The molecule has 0 saturated carbocycles. The van der Waals surface area contributed by atoms with Crippen LogP contribution in [-0.4, -0.2) is 5.52 Å². The molecule has 0 aliphatic rings. The average molecular weight is 157 g/mol. The first kappa shape index (κ1) is 5.54. The largest absolute Gasteiger partial charge is 0.328 e. The third-order valence-electron chi connectivity index (χ3n) is 0.101. The van der Waals surface area contributed by atoms with E-state index in [2.05, 4.69) is 20.5 Å². The quantitative estimate of drug-likeness (QED) is 0.449. The van der Waals surface area contributed by atoms with Crippen LogP contribution in [0.5, 0.6) is 0 Å². The number of rotatable bonds is 2. The molecule has 30 valence electrons. The summed E-state index contributed by atoms with van der Waals surface area (Å²) in [6.45, 7) is 0. The Bertz CT molecular complexity index is 30.8. The van der Waals surface area contributed by atoms with Crippen molar-refractivity contribution in [1.29, 1.82) is 0 Å². The molecule has 0 rings (SSSR count). The second-order valence-electron chi connectivity index (χ2n) is 0.313. The van der Waals surface area contributed by atoms with E-state index in [1.165, 1.54) is 0 Å². The Kier molecular flexibility index (Phi) is 5.03. The van der Waals surface area contributed by atoms with Crippen LogP contribution in [0, 0.1) is 0 Å². The Hall–Kier alpha value is 0.540. The molecule has 0 aliphatic heterocycles. The van der Waals surface area contributed by atoms with Crippen LogP contribution in [0.1, 0.15) is 0 Å². The molecular formula is CH2BrO2P. The zero-order valence-corrected chi connectivity index (χ0v) is 4.83. The Morgan fingerprint density at radius 2 is 2.60 bits per heavy atom. The molecule has 5 heavy (non-hydrogen) atoms. The zero-order valence-electron chi connectivity index (χ0n) is 2.35. The summed E-state index contributed by atoms with van der Waals surface area (Å²) in [5, 5.41) is 0. The van der Waals surface area contributed by atoms with E-state index in [1.54, 1.807) is 0 Å². The minimum atomic E-state index is -0.267. The topological polar surface area (TPSA) is 26.3 Å². The molecule has 0 amide bonds. The molecule has 0 aromatic heterocycles. The SMILES string of the molecule is O=POCBr. The molecule has 0 heterocycles. The number of halogens is 1. The van der Waals surface area contributed by atoms with Crippen LogP contribution in [0.25, 0.3) is 0 Å². The number of hydrogen-bond acceptors (Lipinski definition) is 2. The van der Waals surface area contributed by atoms with Gasteiger partial charge in [0.05, 0.1) is 0 Å². The van der Waals surface area contributed by atoms with Gasteiger partial charge in [0.2, 0.25) is 0 Å². The van der Waals surface area contributed by atoms with Crippen molar-refractivity contribution in [3.05, 3.63) is 0 Å². The smallest absolute Gasteiger partial charge is 0.283 e. The Labute approximate surface area is 39.9 Å². The first-order chi connectivity index (χ1) is 2.41. The molecule has 0 unspecified atom stereocenters.